The lowest BCUT2D eigenvalue weighted by Crippen LogP contribution is -2.44. The monoisotopic (exact) mass is 254 g/mol. The van der Waals surface area contributed by atoms with E-state index in [0.717, 1.165) is 31.6 Å². The fraction of sp³-hybridized carbons (Fsp3) is 0.571. The number of piperidine rings is 1. The summed E-state index contributed by atoms with van der Waals surface area (Å²) in [5.41, 5.74) is 0.851. The Labute approximate surface area is 107 Å². The average molecular weight is 254 g/mol. The van der Waals surface area contributed by atoms with Crippen LogP contribution in [0.4, 0.5) is 8.78 Å². The summed E-state index contributed by atoms with van der Waals surface area (Å²) in [6.45, 7) is 3.00. The highest BCUT2D eigenvalue weighted by atomic mass is 19.2. The largest absolute Gasteiger partial charge is 0.315 e. The van der Waals surface area contributed by atoms with Crippen molar-refractivity contribution in [1.29, 1.82) is 0 Å². The molecule has 0 bridgehead atoms. The summed E-state index contributed by atoms with van der Waals surface area (Å²) in [6.07, 6.45) is 3.17. The first kappa shape index (κ1) is 13.4. The Bertz CT molecular complexity index is 389. The highest BCUT2D eigenvalue weighted by molar-refractivity contribution is 5.18. The van der Waals surface area contributed by atoms with Crippen molar-refractivity contribution in [3.8, 4) is 0 Å². The second-order valence-electron chi connectivity index (χ2n) is 4.98. The predicted molar refractivity (Wildman–Crippen MR) is 68.6 cm³/mol. The lowest BCUT2D eigenvalue weighted by atomic mass is 10.1. The number of nitrogens with one attached hydrogen (secondary N) is 1. The SMILES string of the molecule is CN(CCc1ccc(F)c(F)c1)C1CCCNC1. The van der Waals surface area contributed by atoms with Gasteiger partial charge in [-0.1, -0.05) is 6.07 Å². The third kappa shape index (κ3) is 3.50. The van der Waals surface area contributed by atoms with Crippen molar-refractivity contribution in [2.45, 2.75) is 25.3 Å². The second kappa shape index (κ2) is 6.25. The molecule has 1 aliphatic heterocycles. The van der Waals surface area contributed by atoms with Gasteiger partial charge in [-0.25, -0.2) is 8.78 Å². The van der Waals surface area contributed by atoms with E-state index in [0.29, 0.717) is 6.04 Å². The molecule has 1 aromatic carbocycles. The molecule has 18 heavy (non-hydrogen) atoms. The lowest BCUT2D eigenvalue weighted by molar-refractivity contribution is 0.205. The maximum Gasteiger partial charge on any atom is 0.159 e. The molecular weight excluding hydrogens is 234 g/mol. The van der Waals surface area contributed by atoms with E-state index < -0.39 is 11.6 Å². The molecule has 100 valence electrons. The Kier molecular flexibility index (Phi) is 4.66. The zero-order valence-electron chi connectivity index (χ0n) is 10.8. The molecule has 1 saturated heterocycles. The lowest BCUT2D eigenvalue weighted by Gasteiger charge is -2.31. The molecule has 0 radical (unpaired) electrons. The van der Waals surface area contributed by atoms with Crippen molar-refractivity contribution < 1.29 is 8.78 Å². The Morgan fingerprint density at radius 1 is 1.33 bits per heavy atom. The molecule has 0 saturated carbocycles. The van der Waals surface area contributed by atoms with Crippen LogP contribution in [0.2, 0.25) is 0 Å². The summed E-state index contributed by atoms with van der Waals surface area (Å²) in [4.78, 5) is 2.30. The van der Waals surface area contributed by atoms with Crippen LogP contribution in [-0.2, 0) is 6.42 Å². The van der Waals surface area contributed by atoms with Gasteiger partial charge in [0.1, 0.15) is 0 Å². The topological polar surface area (TPSA) is 15.3 Å². The third-order valence-corrected chi connectivity index (χ3v) is 3.63. The van der Waals surface area contributed by atoms with Crippen molar-refractivity contribution in [3.05, 3.63) is 35.4 Å². The zero-order chi connectivity index (χ0) is 13.0. The summed E-state index contributed by atoms with van der Waals surface area (Å²) >= 11 is 0. The Morgan fingerprint density at radius 2 is 2.17 bits per heavy atom. The number of nitrogens with zero attached hydrogens (tertiary/aromatic N) is 1. The van der Waals surface area contributed by atoms with Gasteiger partial charge in [0.25, 0.3) is 0 Å². The first-order chi connectivity index (χ1) is 8.66. The smallest absolute Gasteiger partial charge is 0.159 e. The fourth-order valence-electron chi connectivity index (χ4n) is 2.39. The van der Waals surface area contributed by atoms with Crippen LogP contribution in [0, 0.1) is 11.6 Å². The van der Waals surface area contributed by atoms with Gasteiger partial charge >= 0.3 is 0 Å². The number of hydrogen-bond acceptors (Lipinski definition) is 2. The van der Waals surface area contributed by atoms with Crippen LogP contribution in [0.15, 0.2) is 18.2 Å². The van der Waals surface area contributed by atoms with Crippen LogP contribution in [0.25, 0.3) is 0 Å². The second-order valence-corrected chi connectivity index (χ2v) is 4.98. The fourth-order valence-corrected chi connectivity index (χ4v) is 2.39. The van der Waals surface area contributed by atoms with Crippen LogP contribution < -0.4 is 5.32 Å². The Hall–Kier alpha value is -1.00. The average Bonchev–Trinajstić information content (AvgIpc) is 2.41. The van der Waals surface area contributed by atoms with E-state index in [1.54, 1.807) is 6.07 Å². The molecule has 1 N–H and O–H groups in total. The normalized spacial score (nSPS) is 20.3. The van der Waals surface area contributed by atoms with Crippen LogP contribution in [0.5, 0.6) is 0 Å². The summed E-state index contributed by atoms with van der Waals surface area (Å²) in [5, 5.41) is 3.38. The van der Waals surface area contributed by atoms with Crippen LogP contribution in [-0.4, -0.2) is 37.6 Å². The van der Waals surface area contributed by atoms with Crippen molar-refractivity contribution in [1.82, 2.24) is 10.2 Å². The molecule has 1 heterocycles. The molecule has 0 spiro atoms. The molecule has 1 unspecified atom stereocenters. The van der Waals surface area contributed by atoms with E-state index in [4.69, 9.17) is 0 Å². The maximum atomic E-state index is 13.1. The zero-order valence-corrected chi connectivity index (χ0v) is 10.8. The van der Waals surface area contributed by atoms with Gasteiger partial charge in [0.15, 0.2) is 11.6 Å². The van der Waals surface area contributed by atoms with E-state index in [9.17, 15) is 8.78 Å². The van der Waals surface area contributed by atoms with E-state index >= 15 is 0 Å². The maximum absolute atomic E-state index is 13.1. The number of likely N-dealkylation sites (N-methyl/N-ethyl adjacent to an activating group) is 1. The van der Waals surface area contributed by atoms with Crippen LogP contribution >= 0.6 is 0 Å². The van der Waals surface area contributed by atoms with Crippen molar-refractivity contribution >= 4 is 0 Å². The summed E-state index contributed by atoms with van der Waals surface area (Å²) < 4.78 is 25.9. The van der Waals surface area contributed by atoms with Gasteiger partial charge < -0.3 is 10.2 Å². The van der Waals surface area contributed by atoms with Gasteiger partial charge in [0.2, 0.25) is 0 Å². The van der Waals surface area contributed by atoms with Crippen molar-refractivity contribution in [2.75, 3.05) is 26.7 Å². The molecule has 4 heteroatoms. The Morgan fingerprint density at radius 3 is 2.83 bits per heavy atom. The molecular formula is C14H20F2N2. The minimum Gasteiger partial charge on any atom is -0.315 e. The van der Waals surface area contributed by atoms with E-state index in [1.165, 1.54) is 25.0 Å². The molecule has 0 amide bonds. The molecule has 2 rings (SSSR count). The first-order valence-electron chi connectivity index (χ1n) is 6.51. The molecule has 1 aliphatic rings. The van der Waals surface area contributed by atoms with Gasteiger partial charge in [-0.3, -0.25) is 0 Å². The van der Waals surface area contributed by atoms with Crippen LogP contribution in [0.1, 0.15) is 18.4 Å². The van der Waals surface area contributed by atoms with E-state index in [1.807, 2.05) is 0 Å². The molecule has 1 atom stereocenters. The quantitative estimate of drug-likeness (QED) is 0.886. The molecule has 1 fully saturated rings. The summed E-state index contributed by atoms with van der Waals surface area (Å²) in [7, 11) is 2.09. The van der Waals surface area contributed by atoms with Crippen molar-refractivity contribution in [2.24, 2.45) is 0 Å². The van der Waals surface area contributed by atoms with E-state index in [2.05, 4.69) is 17.3 Å². The third-order valence-electron chi connectivity index (χ3n) is 3.63. The van der Waals surface area contributed by atoms with Gasteiger partial charge in [-0.15, -0.1) is 0 Å². The Balaban J connectivity index is 1.84. The van der Waals surface area contributed by atoms with Crippen molar-refractivity contribution in [3.63, 3.8) is 0 Å². The van der Waals surface area contributed by atoms with E-state index in [-0.39, 0.29) is 0 Å². The number of benzene rings is 1. The highest BCUT2D eigenvalue weighted by Crippen LogP contribution is 2.12. The molecule has 0 aromatic heterocycles. The minimum atomic E-state index is -0.774. The summed E-state index contributed by atoms with van der Waals surface area (Å²) in [6, 6.07) is 4.71. The van der Waals surface area contributed by atoms with Gasteiger partial charge in [-0.2, -0.15) is 0 Å². The number of halogens is 2. The number of hydrogen-bond donors (Lipinski definition) is 1. The van der Waals surface area contributed by atoms with Crippen LogP contribution in [0.3, 0.4) is 0 Å². The van der Waals surface area contributed by atoms with Gasteiger partial charge in [0.05, 0.1) is 0 Å². The van der Waals surface area contributed by atoms with Gasteiger partial charge in [-0.05, 0) is 50.6 Å². The molecule has 2 nitrogen and oxygen atoms in total. The molecule has 1 aromatic rings. The highest BCUT2D eigenvalue weighted by Gasteiger charge is 2.17. The minimum absolute atomic E-state index is 0.559. The molecule has 0 aliphatic carbocycles. The number of rotatable bonds is 4. The first-order valence-corrected chi connectivity index (χ1v) is 6.51. The summed E-state index contributed by atoms with van der Waals surface area (Å²) in [5.74, 6) is -1.53. The predicted octanol–water partition coefficient (Wildman–Crippen LogP) is 2.19. The van der Waals surface area contributed by atoms with Gasteiger partial charge in [0, 0.05) is 19.1 Å². The standard InChI is InChI=1S/C14H20F2N2/c1-18(12-3-2-7-17-10-12)8-6-11-4-5-13(15)14(16)9-11/h4-5,9,12,17H,2-3,6-8,10H2,1H3.